The lowest BCUT2D eigenvalue weighted by atomic mass is 9.99. The molecule has 0 aliphatic carbocycles. The summed E-state index contributed by atoms with van der Waals surface area (Å²) in [4.78, 5) is 24.5. The van der Waals surface area contributed by atoms with E-state index in [0.717, 1.165) is 22.3 Å². The second kappa shape index (κ2) is 12.3. The number of carbonyl (C=O) groups is 2. The van der Waals surface area contributed by atoms with E-state index in [1.165, 1.54) is 24.3 Å². The zero-order chi connectivity index (χ0) is 30.5. The Balaban J connectivity index is 1.33. The Hall–Kier alpha value is -4.94. The fourth-order valence-corrected chi connectivity index (χ4v) is 5.60. The zero-order valence-corrected chi connectivity index (χ0v) is 24.3. The van der Waals surface area contributed by atoms with E-state index in [1.54, 1.807) is 72.8 Å². The van der Waals surface area contributed by atoms with Crippen molar-refractivity contribution in [1.29, 1.82) is 0 Å². The van der Waals surface area contributed by atoms with Crippen LogP contribution in [0.25, 0.3) is 5.57 Å². The molecule has 0 saturated heterocycles. The molecule has 4 N–H and O–H groups in total. The van der Waals surface area contributed by atoms with Crippen LogP contribution in [0.1, 0.15) is 22.3 Å². The lowest BCUT2D eigenvalue weighted by Gasteiger charge is -2.12. The summed E-state index contributed by atoms with van der Waals surface area (Å²) >= 11 is 0. The third-order valence-corrected chi connectivity index (χ3v) is 8.79. The number of rotatable bonds is 8. The van der Waals surface area contributed by atoms with Crippen LogP contribution in [-0.2, 0) is 20.0 Å². The second-order valence-electron chi connectivity index (χ2n) is 9.38. The van der Waals surface area contributed by atoms with Gasteiger partial charge in [-0.2, -0.15) is 0 Å². The number of sulfonamides is 2. The van der Waals surface area contributed by atoms with Crippen molar-refractivity contribution in [1.82, 2.24) is 9.44 Å². The maximum absolute atomic E-state index is 12.4. The summed E-state index contributed by atoms with van der Waals surface area (Å²) in [6.45, 7) is 7.75. The lowest BCUT2D eigenvalue weighted by Crippen LogP contribution is -2.34. The number of nitrogens with one attached hydrogen (secondary N) is 4. The van der Waals surface area contributed by atoms with E-state index in [-0.39, 0.29) is 9.79 Å². The van der Waals surface area contributed by atoms with Crippen LogP contribution >= 0.6 is 0 Å². The molecule has 0 aromatic heterocycles. The number of aryl methyl sites for hydroxylation is 2. The highest BCUT2D eigenvalue weighted by atomic mass is 32.2. The van der Waals surface area contributed by atoms with Gasteiger partial charge in [0.05, 0.1) is 9.79 Å². The van der Waals surface area contributed by atoms with Gasteiger partial charge < -0.3 is 10.6 Å². The molecule has 0 unspecified atom stereocenters. The Morgan fingerprint density at radius 1 is 0.524 bits per heavy atom. The van der Waals surface area contributed by atoms with Crippen molar-refractivity contribution in [3.8, 4) is 0 Å². The van der Waals surface area contributed by atoms with E-state index < -0.39 is 32.1 Å². The molecule has 4 rings (SSSR count). The Labute approximate surface area is 244 Å². The number of hydrogen-bond acceptors (Lipinski definition) is 6. The van der Waals surface area contributed by atoms with Gasteiger partial charge in [-0.05, 0) is 79.1 Å². The fraction of sp³-hybridized carbons (Fsp3) is 0.0667. The van der Waals surface area contributed by atoms with Crippen molar-refractivity contribution in [2.75, 3.05) is 10.6 Å². The Morgan fingerprint density at radius 3 is 1.14 bits per heavy atom. The highest BCUT2D eigenvalue weighted by Crippen LogP contribution is 2.24. The summed E-state index contributed by atoms with van der Waals surface area (Å²) in [5.41, 5.74) is 4.63. The second-order valence-corrected chi connectivity index (χ2v) is 12.7. The molecule has 0 aliphatic rings. The number of hydrogen-bond donors (Lipinski definition) is 4. The maximum Gasteiger partial charge on any atom is 0.333 e. The Bertz CT molecular complexity index is 1700. The molecule has 0 saturated carbocycles. The summed E-state index contributed by atoms with van der Waals surface area (Å²) in [6.07, 6.45) is 0. The lowest BCUT2D eigenvalue weighted by molar-refractivity contribution is 0.255. The van der Waals surface area contributed by atoms with Gasteiger partial charge in [0.25, 0.3) is 20.0 Å². The Kier molecular flexibility index (Phi) is 8.79. The summed E-state index contributed by atoms with van der Waals surface area (Å²) < 4.78 is 53.6. The maximum atomic E-state index is 12.4. The highest BCUT2D eigenvalue weighted by molar-refractivity contribution is 7.90. The number of benzene rings is 4. The number of urea groups is 2. The van der Waals surface area contributed by atoms with E-state index in [9.17, 15) is 26.4 Å². The first-order chi connectivity index (χ1) is 19.8. The first-order valence-corrected chi connectivity index (χ1v) is 15.5. The highest BCUT2D eigenvalue weighted by Gasteiger charge is 2.19. The molecule has 4 amide bonds. The molecule has 0 bridgehead atoms. The molecule has 0 spiro atoms. The van der Waals surface area contributed by atoms with Crippen LogP contribution in [0.5, 0.6) is 0 Å². The molecule has 0 radical (unpaired) electrons. The average Bonchev–Trinajstić information content (AvgIpc) is 2.93. The quantitative estimate of drug-likeness (QED) is 0.212. The minimum Gasteiger partial charge on any atom is -0.307 e. The molecule has 0 fully saturated rings. The largest absolute Gasteiger partial charge is 0.333 e. The monoisotopic (exact) mass is 604 g/mol. The molecular formula is C30H28N4O6S2. The van der Waals surface area contributed by atoms with Crippen molar-refractivity contribution < 1.29 is 26.4 Å². The third kappa shape index (κ3) is 7.62. The van der Waals surface area contributed by atoms with Crippen molar-refractivity contribution in [2.45, 2.75) is 23.6 Å². The SMILES string of the molecule is C=C(c1ccc(NC(=O)NS(=O)(=O)c2ccc(C)cc2)cc1)c1ccc(NC(=O)NS(=O)(=O)c2ccc(C)cc2)cc1. The minimum absolute atomic E-state index is 0.0241. The van der Waals surface area contributed by atoms with E-state index in [0.29, 0.717) is 16.9 Å². The molecule has 4 aromatic rings. The molecular weight excluding hydrogens is 576 g/mol. The van der Waals surface area contributed by atoms with Gasteiger partial charge in [0.2, 0.25) is 0 Å². The minimum atomic E-state index is -4.02. The van der Waals surface area contributed by atoms with Gasteiger partial charge in [-0.25, -0.2) is 35.9 Å². The van der Waals surface area contributed by atoms with Crippen LogP contribution in [0.3, 0.4) is 0 Å². The first kappa shape index (κ1) is 30.0. The van der Waals surface area contributed by atoms with Crippen LogP contribution in [0.15, 0.2) is 113 Å². The van der Waals surface area contributed by atoms with E-state index >= 15 is 0 Å². The van der Waals surface area contributed by atoms with Gasteiger partial charge in [0.1, 0.15) is 0 Å². The van der Waals surface area contributed by atoms with Gasteiger partial charge >= 0.3 is 12.1 Å². The van der Waals surface area contributed by atoms with E-state index in [4.69, 9.17) is 0 Å². The molecule has 12 heteroatoms. The van der Waals surface area contributed by atoms with Crippen LogP contribution in [0.4, 0.5) is 21.0 Å². The van der Waals surface area contributed by atoms with Crippen LogP contribution in [-0.4, -0.2) is 28.9 Å². The van der Waals surface area contributed by atoms with E-state index in [2.05, 4.69) is 17.2 Å². The molecule has 0 atom stereocenters. The summed E-state index contributed by atoms with van der Waals surface area (Å²) in [7, 11) is -8.05. The van der Waals surface area contributed by atoms with Crippen molar-refractivity contribution in [2.24, 2.45) is 0 Å². The van der Waals surface area contributed by atoms with Crippen molar-refractivity contribution in [3.63, 3.8) is 0 Å². The molecule has 4 aromatic carbocycles. The van der Waals surface area contributed by atoms with Gasteiger partial charge in [-0.15, -0.1) is 0 Å². The standard InChI is InChI=1S/C30H28N4O6S2/c1-20-4-16-27(17-5-20)41(37,38)33-29(35)31-25-12-8-23(9-13-25)22(3)24-10-14-26(15-11-24)32-30(36)34-42(39,40)28-18-6-21(2)7-19-28/h4-19H,3H2,1-2H3,(H2,31,33,35)(H2,32,34,36). The molecule has 216 valence electrons. The van der Waals surface area contributed by atoms with Crippen LogP contribution < -0.4 is 20.1 Å². The van der Waals surface area contributed by atoms with Gasteiger partial charge in [-0.1, -0.05) is 66.2 Å². The zero-order valence-electron chi connectivity index (χ0n) is 22.7. The predicted octanol–water partition coefficient (Wildman–Crippen LogP) is 5.39. The van der Waals surface area contributed by atoms with Crippen LogP contribution in [0.2, 0.25) is 0 Å². The summed E-state index contributed by atoms with van der Waals surface area (Å²) in [5, 5.41) is 4.98. The number of carbonyl (C=O) groups excluding carboxylic acids is 2. The molecule has 10 nitrogen and oxygen atoms in total. The summed E-state index contributed by atoms with van der Waals surface area (Å²) in [5.74, 6) is 0. The van der Waals surface area contributed by atoms with E-state index in [1.807, 2.05) is 23.3 Å². The molecule has 0 aliphatic heterocycles. The van der Waals surface area contributed by atoms with Gasteiger partial charge in [0.15, 0.2) is 0 Å². The predicted molar refractivity (Wildman–Crippen MR) is 162 cm³/mol. The first-order valence-electron chi connectivity index (χ1n) is 12.5. The van der Waals surface area contributed by atoms with Crippen molar-refractivity contribution >= 4 is 49.1 Å². The normalized spacial score (nSPS) is 11.3. The van der Waals surface area contributed by atoms with Crippen LogP contribution in [0, 0.1) is 13.8 Å². The summed E-state index contributed by atoms with van der Waals surface area (Å²) in [6, 6.07) is 23.7. The molecule has 42 heavy (non-hydrogen) atoms. The smallest absolute Gasteiger partial charge is 0.307 e. The van der Waals surface area contributed by atoms with Gasteiger partial charge in [0, 0.05) is 11.4 Å². The number of anilines is 2. The molecule has 0 heterocycles. The fourth-order valence-electron chi connectivity index (χ4n) is 3.79. The number of amides is 4. The topological polar surface area (TPSA) is 151 Å². The van der Waals surface area contributed by atoms with Gasteiger partial charge in [-0.3, -0.25) is 0 Å². The average molecular weight is 605 g/mol. The Morgan fingerprint density at radius 2 is 0.833 bits per heavy atom. The van der Waals surface area contributed by atoms with Crippen molar-refractivity contribution in [3.05, 3.63) is 126 Å². The third-order valence-electron chi connectivity index (χ3n) is 6.10.